The number of aryl methyl sites for hydroxylation is 1. The van der Waals surface area contributed by atoms with E-state index >= 15 is 0 Å². The minimum Gasteiger partial charge on any atom is -0.358 e. The van der Waals surface area contributed by atoms with Gasteiger partial charge in [-0.05, 0) is 35.7 Å². The van der Waals surface area contributed by atoms with Gasteiger partial charge >= 0.3 is 0 Å². The zero-order chi connectivity index (χ0) is 18.2. The number of benzene rings is 3. The first kappa shape index (κ1) is 17.7. The molecular formula is C23H24N2O. The Morgan fingerprint density at radius 1 is 0.846 bits per heavy atom. The Bertz CT molecular complexity index is 831. The van der Waals surface area contributed by atoms with Crippen molar-refractivity contribution < 1.29 is 4.79 Å². The van der Waals surface area contributed by atoms with E-state index in [1.165, 1.54) is 11.1 Å². The van der Waals surface area contributed by atoms with Crippen molar-refractivity contribution in [2.24, 2.45) is 0 Å². The number of rotatable bonds is 7. The van der Waals surface area contributed by atoms with Gasteiger partial charge < -0.3 is 10.2 Å². The first-order valence-corrected chi connectivity index (χ1v) is 8.87. The van der Waals surface area contributed by atoms with E-state index in [4.69, 9.17) is 0 Å². The summed E-state index contributed by atoms with van der Waals surface area (Å²) in [5.74, 6) is 0.0213. The highest BCUT2D eigenvalue weighted by Gasteiger charge is 2.12. The van der Waals surface area contributed by atoms with E-state index in [-0.39, 0.29) is 5.91 Å². The van der Waals surface area contributed by atoms with Gasteiger partial charge in [0.2, 0.25) is 5.91 Å². The Kier molecular flexibility index (Phi) is 6.05. The Hall–Kier alpha value is -3.07. The molecule has 0 aliphatic rings. The number of hydrogen-bond acceptors (Lipinski definition) is 2. The molecule has 26 heavy (non-hydrogen) atoms. The molecule has 3 aromatic rings. The normalized spacial score (nSPS) is 10.3. The van der Waals surface area contributed by atoms with Gasteiger partial charge in [0.25, 0.3) is 0 Å². The maximum atomic E-state index is 12.5. The van der Waals surface area contributed by atoms with Crippen LogP contribution in [0.3, 0.4) is 0 Å². The fourth-order valence-corrected chi connectivity index (χ4v) is 2.91. The van der Waals surface area contributed by atoms with Crippen LogP contribution in [-0.2, 0) is 17.9 Å². The lowest BCUT2D eigenvalue weighted by atomic mass is 10.1. The summed E-state index contributed by atoms with van der Waals surface area (Å²) in [6.07, 6.45) is 0. The molecule has 0 unspecified atom stereocenters. The lowest BCUT2D eigenvalue weighted by Gasteiger charge is -2.24. The summed E-state index contributed by atoms with van der Waals surface area (Å²) in [6.45, 7) is 3.64. The number of nitrogens with zero attached hydrogens (tertiary/aromatic N) is 1. The summed E-state index contributed by atoms with van der Waals surface area (Å²) in [6, 6.07) is 28.4. The summed E-state index contributed by atoms with van der Waals surface area (Å²) in [5, 5.41) is 3.05. The molecule has 1 N–H and O–H groups in total. The van der Waals surface area contributed by atoms with Gasteiger partial charge in [-0.15, -0.1) is 0 Å². The second-order valence-corrected chi connectivity index (χ2v) is 6.38. The Labute approximate surface area is 155 Å². The number of anilines is 1. The molecule has 0 bridgehead atoms. The largest absolute Gasteiger partial charge is 0.358 e. The van der Waals surface area contributed by atoms with Crippen LogP contribution in [0.2, 0.25) is 0 Å². The number of hydrogen-bond donors (Lipinski definition) is 1. The molecule has 0 fully saturated rings. The second kappa shape index (κ2) is 8.86. The SMILES string of the molecule is Cc1ccccc1CNC(=O)CN(Cc1ccccc1)c1ccccc1. The molecule has 0 heterocycles. The van der Waals surface area contributed by atoms with Gasteiger partial charge in [0.1, 0.15) is 0 Å². The van der Waals surface area contributed by atoms with Crippen LogP contribution >= 0.6 is 0 Å². The number of para-hydroxylation sites is 1. The third-order valence-electron chi connectivity index (χ3n) is 4.41. The molecule has 0 saturated carbocycles. The van der Waals surface area contributed by atoms with Crippen LogP contribution in [0, 0.1) is 6.92 Å². The van der Waals surface area contributed by atoms with E-state index < -0.39 is 0 Å². The van der Waals surface area contributed by atoms with Gasteiger partial charge in [0.05, 0.1) is 6.54 Å². The van der Waals surface area contributed by atoms with E-state index in [0.717, 1.165) is 11.3 Å². The van der Waals surface area contributed by atoms with Crippen LogP contribution < -0.4 is 10.2 Å². The van der Waals surface area contributed by atoms with E-state index in [0.29, 0.717) is 19.6 Å². The smallest absolute Gasteiger partial charge is 0.239 e. The summed E-state index contributed by atoms with van der Waals surface area (Å²) < 4.78 is 0. The molecular weight excluding hydrogens is 320 g/mol. The average molecular weight is 344 g/mol. The number of amides is 1. The van der Waals surface area contributed by atoms with Crippen molar-refractivity contribution in [3.63, 3.8) is 0 Å². The predicted octanol–water partition coefficient (Wildman–Crippen LogP) is 4.32. The number of carbonyl (C=O) groups excluding carboxylic acids is 1. The monoisotopic (exact) mass is 344 g/mol. The van der Waals surface area contributed by atoms with Crippen molar-refractivity contribution >= 4 is 11.6 Å². The van der Waals surface area contributed by atoms with E-state index in [1.807, 2.05) is 60.7 Å². The van der Waals surface area contributed by atoms with Gasteiger partial charge in [-0.3, -0.25) is 4.79 Å². The van der Waals surface area contributed by atoms with Crippen molar-refractivity contribution in [3.05, 3.63) is 102 Å². The lowest BCUT2D eigenvalue weighted by molar-refractivity contribution is -0.119. The summed E-state index contributed by atoms with van der Waals surface area (Å²) in [4.78, 5) is 14.6. The quantitative estimate of drug-likeness (QED) is 0.692. The maximum absolute atomic E-state index is 12.5. The third-order valence-corrected chi connectivity index (χ3v) is 4.41. The second-order valence-electron chi connectivity index (χ2n) is 6.38. The molecule has 132 valence electrons. The highest BCUT2D eigenvalue weighted by molar-refractivity contribution is 5.81. The lowest BCUT2D eigenvalue weighted by Crippen LogP contribution is -2.36. The van der Waals surface area contributed by atoms with E-state index in [1.54, 1.807) is 0 Å². The topological polar surface area (TPSA) is 32.3 Å². The zero-order valence-electron chi connectivity index (χ0n) is 15.1. The van der Waals surface area contributed by atoms with Gasteiger partial charge in [-0.25, -0.2) is 0 Å². The van der Waals surface area contributed by atoms with Crippen molar-refractivity contribution in [2.75, 3.05) is 11.4 Å². The minimum absolute atomic E-state index is 0.0213. The molecule has 3 rings (SSSR count). The molecule has 0 spiro atoms. The molecule has 1 amide bonds. The molecule has 3 aromatic carbocycles. The van der Waals surface area contributed by atoms with Crippen molar-refractivity contribution in [3.8, 4) is 0 Å². The predicted molar refractivity (Wildman–Crippen MR) is 107 cm³/mol. The highest BCUT2D eigenvalue weighted by atomic mass is 16.2. The minimum atomic E-state index is 0.0213. The summed E-state index contributed by atoms with van der Waals surface area (Å²) in [5.41, 5.74) is 4.57. The number of nitrogens with one attached hydrogen (secondary N) is 1. The first-order valence-electron chi connectivity index (χ1n) is 8.87. The summed E-state index contributed by atoms with van der Waals surface area (Å²) in [7, 11) is 0. The van der Waals surface area contributed by atoms with Crippen molar-refractivity contribution in [1.29, 1.82) is 0 Å². The molecule has 3 nitrogen and oxygen atoms in total. The third kappa shape index (κ3) is 4.96. The van der Waals surface area contributed by atoms with E-state index in [2.05, 4.69) is 41.4 Å². The Balaban J connectivity index is 1.67. The average Bonchev–Trinajstić information content (AvgIpc) is 2.68. The molecule has 0 radical (unpaired) electrons. The van der Waals surface area contributed by atoms with Crippen LogP contribution in [0.25, 0.3) is 0 Å². The fraction of sp³-hybridized carbons (Fsp3) is 0.174. The van der Waals surface area contributed by atoms with Crippen LogP contribution in [0.5, 0.6) is 0 Å². The van der Waals surface area contributed by atoms with Crippen molar-refractivity contribution in [2.45, 2.75) is 20.0 Å². The molecule has 0 aliphatic heterocycles. The van der Waals surface area contributed by atoms with Crippen molar-refractivity contribution in [1.82, 2.24) is 5.32 Å². The highest BCUT2D eigenvalue weighted by Crippen LogP contribution is 2.16. The molecule has 3 heteroatoms. The standard InChI is InChI=1S/C23H24N2O/c1-19-10-8-9-13-21(19)16-24-23(26)18-25(22-14-6-3-7-15-22)17-20-11-4-2-5-12-20/h2-15H,16-18H2,1H3,(H,24,26). The van der Waals surface area contributed by atoms with Crippen LogP contribution in [0.4, 0.5) is 5.69 Å². The molecule has 0 atom stereocenters. The molecule has 0 aliphatic carbocycles. The number of carbonyl (C=O) groups is 1. The molecule has 0 saturated heterocycles. The maximum Gasteiger partial charge on any atom is 0.239 e. The Morgan fingerprint density at radius 3 is 2.15 bits per heavy atom. The van der Waals surface area contributed by atoms with Gasteiger partial charge in [-0.2, -0.15) is 0 Å². The fourth-order valence-electron chi connectivity index (χ4n) is 2.91. The van der Waals surface area contributed by atoms with Crippen LogP contribution in [0.15, 0.2) is 84.9 Å². The van der Waals surface area contributed by atoms with Gasteiger partial charge in [-0.1, -0.05) is 72.8 Å². The van der Waals surface area contributed by atoms with Crippen LogP contribution in [-0.4, -0.2) is 12.5 Å². The zero-order valence-corrected chi connectivity index (χ0v) is 15.1. The summed E-state index contributed by atoms with van der Waals surface area (Å²) >= 11 is 0. The Morgan fingerprint density at radius 2 is 1.46 bits per heavy atom. The first-order chi connectivity index (χ1) is 12.7. The van der Waals surface area contributed by atoms with Gasteiger partial charge in [0, 0.05) is 18.8 Å². The van der Waals surface area contributed by atoms with Crippen LogP contribution in [0.1, 0.15) is 16.7 Å². The van der Waals surface area contributed by atoms with Gasteiger partial charge in [0.15, 0.2) is 0 Å². The molecule has 0 aromatic heterocycles. The van der Waals surface area contributed by atoms with E-state index in [9.17, 15) is 4.79 Å².